The molecule has 3 heteroatoms. The van der Waals surface area contributed by atoms with E-state index in [9.17, 15) is 4.79 Å². The van der Waals surface area contributed by atoms with Crippen molar-refractivity contribution in [1.82, 2.24) is 0 Å². The molecule has 1 N–H and O–H groups in total. The van der Waals surface area contributed by atoms with E-state index in [1.54, 1.807) is 0 Å². The van der Waals surface area contributed by atoms with Crippen LogP contribution in [0.25, 0.3) is 0 Å². The number of carbonyl (C=O) groups is 1. The summed E-state index contributed by atoms with van der Waals surface area (Å²) in [6.07, 6.45) is 4.27. The van der Waals surface area contributed by atoms with Crippen LogP contribution in [0.4, 0.5) is 0 Å². The molecule has 0 saturated heterocycles. The van der Waals surface area contributed by atoms with Crippen LogP contribution in [0, 0.1) is 5.41 Å². The van der Waals surface area contributed by atoms with Crippen LogP contribution in [-0.4, -0.2) is 11.1 Å². The Morgan fingerprint density at radius 3 is 2.27 bits per heavy atom. The number of aryl methyl sites for hydroxylation is 3. The Morgan fingerprint density at radius 2 is 1.64 bits per heavy atom. The molecule has 1 heterocycles. The molecule has 22 heavy (non-hydrogen) atoms. The van der Waals surface area contributed by atoms with Gasteiger partial charge in [-0.05, 0) is 48.8 Å². The molecule has 0 aliphatic heterocycles. The van der Waals surface area contributed by atoms with Gasteiger partial charge in [-0.2, -0.15) is 0 Å². The van der Waals surface area contributed by atoms with E-state index in [0.717, 1.165) is 25.7 Å². The first-order valence-corrected chi connectivity index (χ1v) is 8.60. The zero-order valence-electron chi connectivity index (χ0n) is 13.3. The van der Waals surface area contributed by atoms with Crippen molar-refractivity contribution in [1.29, 1.82) is 0 Å². The highest BCUT2D eigenvalue weighted by Crippen LogP contribution is 2.29. The first-order chi connectivity index (χ1) is 10.4. The Labute approximate surface area is 136 Å². The highest BCUT2D eigenvalue weighted by atomic mass is 32.1. The van der Waals surface area contributed by atoms with Gasteiger partial charge in [0.25, 0.3) is 0 Å². The van der Waals surface area contributed by atoms with Gasteiger partial charge in [-0.15, -0.1) is 11.3 Å². The Morgan fingerprint density at radius 1 is 1.00 bits per heavy atom. The molecule has 2 rings (SSSR count). The average molecular weight is 316 g/mol. The molecule has 0 spiro atoms. The number of aliphatic carboxylic acids is 1. The predicted molar refractivity (Wildman–Crippen MR) is 92.5 cm³/mol. The fraction of sp³-hybridized carbons (Fsp3) is 0.421. The summed E-state index contributed by atoms with van der Waals surface area (Å²) in [7, 11) is 0. The SMILES string of the molecule is CC(C)(CCc1ccc(CCc2ccccc2)s1)CC(=O)O. The molecule has 1 aromatic heterocycles. The minimum absolute atomic E-state index is 0.139. The molecule has 0 bridgehead atoms. The smallest absolute Gasteiger partial charge is 0.303 e. The lowest BCUT2D eigenvalue weighted by Gasteiger charge is -2.21. The fourth-order valence-corrected chi connectivity index (χ4v) is 3.58. The van der Waals surface area contributed by atoms with Crippen LogP contribution in [0.5, 0.6) is 0 Å². The van der Waals surface area contributed by atoms with Crippen LogP contribution in [0.3, 0.4) is 0 Å². The first-order valence-electron chi connectivity index (χ1n) is 7.78. The van der Waals surface area contributed by atoms with Crippen molar-refractivity contribution in [3.05, 3.63) is 57.8 Å². The summed E-state index contributed by atoms with van der Waals surface area (Å²) in [6.45, 7) is 4.07. The van der Waals surface area contributed by atoms with Crippen LogP contribution in [0.15, 0.2) is 42.5 Å². The van der Waals surface area contributed by atoms with Crippen LogP contribution >= 0.6 is 11.3 Å². The maximum absolute atomic E-state index is 10.9. The maximum atomic E-state index is 10.9. The molecule has 118 valence electrons. The molecule has 0 fully saturated rings. The van der Waals surface area contributed by atoms with Crippen LogP contribution in [-0.2, 0) is 24.1 Å². The van der Waals surface area contributed by atoms with Crippen molar-refractivity contribution in [3.63, 3.8) is 0 Å². The molecule has 0 amide bonds. The van der Waals surface area contributed by atoms with Gasteiger partial charge in [0.2, 0.25) is 0 Å². The van der Waals surface area contributed by atoms with Crippen molar-refractivity contribution < 1.29 is 9.90 Å². The Balaban J connectivity index is 1.82. The van der Waals surface area contributed by atoms with Gasteiger partial charge in [-0.3, -0.25) is 4.79 Å². The van der Waals surface area contributed by atoms with Crippen LogP contribution in [0.2, 0.25) is 0 Å². The van der Waals surface area contributed by atoms with Crippen molar-refractivity contribution in [2.75, 3.05) is 0 Å². The highest BCUT2D eigenvalue weighted by Gasteiger charge is 2.21. The summed E-state index contributed by atoms with van der Waals surface area (Å²) >= 11 is 1.86. The molecule has 1 aromatic carbocycles. The van der Waals surface area contributed by atoms with Gasteiger partial charge in [0, 0.05) is 9.75 Å². The predicted octanol–water partition coefficient (Wildman–Crippen LogP) is 4.97. The minimum Gasteiger partial charge on any atom is -0.481 e. The molecule has 0 atom stereocenters. The normalized spacial score (nSPS) is 11.5. The highest BCUT2D eigenvalue weighted by molar-refractivity contribution is 7.11. The number of rotatable bonds is 8. The molecule has 0 unspecified atom stereocenters. The number of carboxylic acids is 1. The summed E-state index contributed by atoms with van der Waals surface area (Å²) in [4.78, 5) is 13.6. The largest absolute Gasteiger partial charge is 0.481 e. The fourth-order valence-electron chi connectivity index (χ4n) is 2.56. The van der Waals surface area contributed by atoms with E-state index >= 15 is 0 Å². The third kappa shape index (κ3) is 5.64. The van der Waals surface area contributed by atoms with Gasteiger partial charge < -0.3 is 5.11 Å². The van der Waals surface area contributed by atoms with Crippen molar-refractivity contribution in [2.45, 2.75) is 46.0 Å². The van der Waals surface area contributed by atoms with Crippen LogP contribution in [0.1, 0.15) is 42.0 Å². The van der Waals surface area contributed by atoms with Gasteiger partial charge in [-0.1, -0.05) is 44.2 Å². The molecule has 2 nitrogen and oxygen atoms in total. The molecular formula is C19H24O2S. The van der Waals surface area contributed by atoms with E-state index in [2.05, 4.69) is 36.4 Å². The first kappa shape index (κ1) is 16.8. The molecule has 2 aromatic rings. The van der Waals surface area contributed by atoms with E-state index in [4.69, 9.17) is 5.11 Å². The second-order valence-corrected chi connectivity index (χ2v) is 7.84. The Kier molecular flexibility index (Phi) is 5.78. The monoisotopic (exact) mass is 316 g/mol. The Bertz CT molecular complexity index is 599. The second kappa shape index (κ2) is 7.59. The molecule has 0 aliphatic carbocycles. The van der Waals surface area contributed by atoms with Crippen LogP contribution < -0.4 is 0 Å². The molecule has 0 saturated carbocycles. The maximum Gasteiger partial charge on any atom is 0.303 e. The van der Waals surface area contributed by atoms with Crippen molar-refractivity contribution >= 4 is 17.3 Å². The van der Waals surface area contributed by atoms with Gasteiger partial charge in [0.15, 0.2) is 0 Å². The lowest BCUT2D eigenvalue weighted by Crippen LogP contribution is -2.17. The third-order valence-electron chi connectivity index (χ3n) is 3.90. The molecule has 0 radical (unpaired) electrons. The lowest BCUT2D eigenvalue weighted by atomic mass is 9.84. The summed E-state index contributed by atoms with van der Waals surface area (Å²) in [5.41, 5.74) is 1.24. The van der Waals surface area contributed by atoms with E-state index in [-0.39, 0.29) is 11.8 Å². The zero-order chi connectivity index (χ0) is 16.0. The number of hydrogen-bond acceptors (Lipinski definition) is 2. The topological polar surface area (TPSA) is 37.3 Å². The lowest BCUT2D eigenvalue weighted by molar-refractivity contribution is -0.139. The van der Waals surface area contributed by atoms with Gasteiger partial charge in [0.1, 0.15) is 0 Å². The number of thiophene rings is 1. The number of carboxylic acid groups (broad SMARTS) is 1. The quantitative estimate of drug-likeness (QED) is 0.747. The van der Waals surface area contributed by atoms with E-state index < -0.39 is 5.97 Å². The summed E-state index contributed by atoms with van der Waals surface area (Å²) < 4.78 is 0. The third-order valence-corrected chi connectivity index (χ3v) is 5.10. The Hall–Kier alpha value is -1.61. The van der Waals surface area contributed by atoms with Crippen molar-refractivity contribution in [2.24, 2.45) is 5.41 Å². The standard InChI is InChI=1S/C19H24O2S/c1-19(2,14-18(20)21)13-12-17-11-10-16(22-17)9-8-15-6-4-3-5-7-15/h3-7,10-11H,8-9,12-14H2,1-2H3,(H,20,21). The van der Waals surface area contributed by atoms with E-state index in [1.807, 2.05) is 31.3 Å². The summed E-state index contributed by atoms with van der Waals surface area (Å²) in [5, 5.41) is 8.93. The van der Waals surface area contributed by atoms with E-state index in [0.29, 0.717) is 0 Å². The zero-order valence-corrected chi connectivity index (χ0v) is 14.2. The average Bonchev–Trinajstić information content (AvgIpc) is 2.91. The van der Waals surface area contributed by atoms with Gasteiger partial charge in [-0.25, -0.2) is 0 Å². The minimum atomic E-state index is -0.709. The number of hydrogen-bond donors (Lipinski definition) is 1. The molecular weight excluding hydrogens is 292 g/mol. The summed E-state index contributed by atoms with van der Waals surface area (Å²) in [5.74, 6) is -0.709. The number of benzene rings is 1. The second-order valence-electron chi connectivity index (χ2n) is 6.59. The van der Waals surface area contributed by atoms with Crippen molar-refractivity contribution in [3.8, 4) is 0 Å². The summed E-state index contributed by atoms with van der Waals surface area (Å²) in [6, 6.07) is 15.0. The van der Waals surface area contributed by atoms with Gasteiger partial charge in [0.05, 0.1) is 6.42 Å². The molecule has 0 aliphatic rings. The van der Waals surface area contributed by atoms with E-state index in [1.165, 1.54) is 15.3 Å². The van der Waals surface area contributed by atoms with Gasteiger partial charge >= 0.3 is 5.97 Å².